The van der Waals surface area contributed by atoms with Gasteiger partial charge in [-0.3, -0.25) is 4.79 Å². The van der Waals surface area contributed by atoms with Gasteiger partial charge in [-0.05, 0) is 30.4 Å². The molecule has 1 aromatic carbocycles. The standard InChI is InChI=1S/C15H21FN2O/c1-10-5-2-3-6-11(10)9-18-15(19)12-7-4-8-13(16)14(12)17/h4,7-8,10-11H,2-3,5-6,9,17H2,1H3,(H,18,19). The first-order valence-corrected chi connectivity index (χ1v) is 6.91. The zero-order chi connectivity index (χ0) is 13.8. The fraction of sp³-hybridized carbons (Fsp3) is 0.533. The molecule has 1 aromatic rings. The third kappa shape index (κ3) is 3.25. The van der Waals surface area contributed by atoms with Crippen molar-refractivity contribution in [2.24, 2.45) is 11.8 Å². The maximum absolute atomic E-state index is 13.3. The Morgan fingerprint density at radius 3 is 2.89 bits per heavy atom. The molecule has 1 saturated carbocycles. The van der Waals surface area contributed by atoms with Crippen molar-refractivity contribution in [1.29, 1.82) is 0 Å². The minimum absolute atomic E-state index is 0.0725. The van der Waals surface area contributed by atoms with Gasteiger partial charge in [0, 0.05) is 6.54 Å². The Kier molecular flexibility index (Phi) is 4.40. The number of nitrogens with two attached hydrogens (primary N) is 1. The van der Waals surface area contributed by atoms with Crippen molar-refractivity contribution >= 4 is 11.6 Å². The lowest BCUT2D eigenvalue weighted by molar-refractivity contribution is 0.0937. The molecule has 104 valence electrons. The number of hydrogen-bond acceptors (Lipinski definition) is 2. The summed E-state index contributed by atoms with van der Waals surface area (Å²) in [5.74, 6) is 0.333. The Morgan fingerprint density at radius 1 is 1.42 bits per heavy atom. The van der Waals surface area contributed by atoms with E-state index in [-0.39, 0.29) is 17.2 Å². The fourth-order valence-electron chi connectivity index (χ4n) is 2.75. The Labute approximate surface area is 113 Å². The van der Waals surface area contributed by atoms with Crippen molar-refractivity contribution in [2.75, 3.05) is 12.3 Å². The minimum Gasteiger partial charge on any atom is -0.396 e. The maximum Gasteiger partial charge on any atom is 0.253 e. The predicted molar refractivity (Wildman–Crippen MR) is 74.3 cm³/mol. The molecule has 0 aromatic heterocycles. The molecule has 4 heteroatoms. The Morgan fingerprint density at radius 2 is 2.16 bits per heavy atom. The molecule has 1 amide bonds. The van der Waals surface area contributed by atoms with Crippen molar-refractivity contribution < 1.29 is 9.18 Å². The first-order valence-electron chi connectivity index (χ1n) is 6.91. The molecule has 0 aliphatic heterocycles. The van der Waals surface area contributed by atoms with E-state index in [2.05, 4.69) is 12.2 Å². The molecule has 0 radical (unpaired) electrons. The molecule has 1 fully saturated rings. The summed E-state index contributed by atoms with van der Waals surface area (Å²) in [6.07, 6.45) is 4.89. The largest absolute Gasteiger partial charge is 0.396 e. The first-order chi connectivity index (χ1) is 9.09. The number of rotatable bonds is 3. The molecule has 0 heterocycles. The van der Waals surface area contributed by atoms with Gasteiger partial charge in [0.15, 0.2) is 0 Å². The Balaban J connectivity index is 1.95. The van der Waals surface area contributed by atoms with Gasteiger partial charge in [0.05, 0.1) is 11.3 Å². The van der Waals surface area contributed by atoms with E-state index in [4.69, 9.17) is 5.73 Å². The highest BCUT2D eigenvalue weighted by Crippen LogP contribution is 2.29. The van der Waals surface area contributed by atoms with E-state index >= 15 is 0 Å². The molecule has 0 bridgehead atoms. The lowest BCUT2D eigenvalue weighted by atomic mass is 9.80. The summed E-state index contributed by atoms with van der Waals surface area (Å²) in [5.41, 5.74) is 5.74. The SMILES string of the molecule is CC1CCCCC1CNC(=O)c1cccc(F)c1N. The number of nitrogen functional groups attached to an aromatic ring is 1. The molecule has 3 N–H and O–H groups in total. The van der Waals surface area contributed by atoms with Gasteiger partial charge in [0.25, 0.3) is 5.91 Å². The van der Waals surface area contributed by atoms with Crippen LogP contribution in [0.5, 0.6) is 0 Å². The third-order valence-corrected chi connectivity index (χ3v) is 4.11. The van der Waals surface area contributed by atoms with Gasteiger partial charge in [-0.2, -0.15) is 0 Å². The fourth-order valence-corrected chi connectivity index (χ4v) is 2.75. The van der Waals surface area contributed by atoms with E-state index < -0.39 is 5.82 Å². The van der Waals surface area contributed by atoms with Crippen molar-refractivity contribution in [1.82, 2.24) is 5.32 Å². The number of hydrogen-bond donors (Lipinski definition) is 2. The van der Waals surface area contributed by atoms with Crippen LogP contribution in [0.2, 0.25) is 0 Å². The summed E-state index contributed by atoms with van der Waals surface area (Å²) in [6, 6.07) is 4.32. The van der Waals surface area contributed by atoms with Crippen molar-refractivity contribution in [3.63, 3.8) is 0 Å². The third-order valence-electron chi connectivity index (χ3n) is 4.11. The van der Waals surface area contributed by atoms with E-state index in [0.717, 1.165) is 6.42 Å². The lowest BCUT2D eigenvalue weighted by Crippen LogP contribution is -2.33. The molecule has 2 rings (SSSR count). The van der Waals surface area contributed by atoms with Crippen LogP contribution in [0.1, 0.15) is 43.0 Å². The smallest absolute Gasteiger partial charge is 0.253 e. The van der Waals surface area contributed by atoms with Crippen LogP contribution >= 0.6 is 0 Å². The number of benzene rings is 1. The summed E-state index contributed by atoms with van der Waals surface area (Å²) in [6.45, 7) is 2.88. The quantitative estimate of drug-likeness (QED) is 0.825. The van der Waals surface area contributed by atoms with E-state index in [1.165, 1.54) is 31.4 Å². The summed E-state index contributed by atoms with van der Waals surface area (Å²) in [7, 11) is 0. The number of halogens is 1. The van der Waals surface area contributed by atoms with E-state index in [1.54, 1.807) is 6.07 Å². The molecule has 0 spiro atoms. The summed E-state index contributed by atoms with van der Waals surface area (Å²) < 4.78 is 13.3. The van der Waals surface area contributed by atoms with Crippen LogP contribution < -0.4 is 11.1 Å². The second kappa shape index (κ2) is 6.04. The normalized spacial score (nSPS) is 23.1. The lowest BCUT2D eigenvalue weighted by Gasteiger charge is -2.28. The van der Waals surface area contributed by atoms with Crippen LogP contribution in [-0.2, 0) is 0 Å². The molecular weight excluding hydrogens is 243 g/mol. The van der Waals surface area contributed by atoms with Gasteiger partial charge < -0.3 is 11.1 Å². The van der Waals surface area contributed by atoms with Gasteiger partial charge in [-0.15, -0.1) is 0 Å². The van der Waals surface area contributed by atoms with Crippen molar-refractivity contribution in [3.05, 3.63) is 29.6 Å². The van der Waals surface area contributed by atoms with Crippen LogP contribution in [0.15, 0.2) is 18.2 Å². The van der Waals surface area contributed by atoms with Crippen LogP contribution in [0.25, 0.3) is 0 Å². The van der Waals surface area contributed by atoms with Crippen molar-refractivity contribution in [2.45, 2.75) is 32.6 Å². The molecule has 0 saturated heterocycles. The number of carbonyl (C=O) groups is 1. The molecule has 2 unspecified atom stereocenters. The number of amides is 1. The van der Waals surface area contributed by atoms with Gasteiger partial charge in [-0.25, -0.2) is 4.39 Å². The molecule has 2 atom stereocenters. The molecule has 1 aliphatic rings. The average Bonchev–Trinajstić information content (AvgIpc) is 2.40. The highest BCUT2D eigenvalue weighted by Gasteiger charge is 2.22. The number of para-hydroxylation sites is 1. The second-order valence-electron chi connectivity index (χ2n) is 5.43. The predicted octanol–water partition coefficient (Wildman–Crippen LogP) is 2.96. The number of nitrogens with one attached hydrogen (secondary N) is 1. The summed E-state index contributed by atoms with van der Waals surface area (Å²) in [5, 5.41) is 2.88. The zero-order valence-electron chi connectivity index (χ0n) is 11.3. The van der Waals surface area contributed by atoms with Crippen LogP contribution in [-0.4, -0.2) is 12.5 Å². The van der Waals surface area contributed by atoms with Crippen molar-refractivity contribution in [3.8, 4) is 0 Å². The summed E-state index contributed by atoms with van der Waals surface area (Å²) >= 11 is 0. The highest BCUT2D eigenvalue weighted by atomic mass is 19.1. The van der Waals surface area contributed by atoms with Gasteiger partial charge >= 0.3 is 0 Å². The van der Waals surface area contributed by atoms with Crippen LogP contribution in [0, 0.1) is 17.7 Å². The topological polar surface area (TPSA) is 55.1 Å². The monoisotopic (exact) mass is 264 g/mol. The molecular formula is C15H21FN2O. The van der Waals surface area contributed by atoms with Gasteiger partial charge in [0.1, 0.15) is 5.82 Å². The second-order valence-corrected chi connectivity index (χ2v) is 5.43. The number of anilines is 1. The van der Waals surface area contributed by atoms with E-state index in [1.807, 2.05) is 0 Å². The van der Waals surface area contributed by atoms with Gasteiger partial charge in [-0.1, -0.05) is 32.3 Å². The minimum atomic E-state index is -0.543. The maximum atomic E-state index is 13.3. The average molecular weight is 264 g/mol. The van der Waals surface area contributed by atoms with Gasteiger partial charge in [0.2, 0.25) is 0 Å². The van der Waals surface area contributed by atoms with Crippen LogP contribution in [0.4, 0.5) is 10.1 Å². The zero-order valence-corrected chi connectivity index (χ0v) is 11.3. The number of carbonyl (C=O) groups excluding carboxylic acids is 1. The highest BCUT2D eigenvalue weighted by molar-refractivity contribution is 5.99. The Hall–Kier alpha value is -1.58. The van der Waals surface area contributed by atoms with E-state index in [0.29, 0.717) is 18.4 Å². The molecule has 19 heavy (non-hydrogen) atoms. The Bertz CT molecular complexity index is 461. The first kappa shape index (κ1) is 13.8. The molecule has 1 aliphatic carbocycles. The molecule has 3 nitrogen and oxygen atoms in total. The summed E-state index contributed by atoms with van der Waals surface area (Å²) in [4.78, 5) is 12.0. The van der Waals surface area contributed by atoms with E-state index in [9.17, 15) is 9.18 Å². The van der Waals surface area contributed by atoms with Crippen LogP contribution in [0.3, 0.4) is 0 Å².